The molecular weight excluding hydrogens is 438 g/mol. The zero-order valence-corrected chi connectivity index (χ0v) is 20.1. The van der Waals surface area contributed by atoms with Crippen LogP contribution in [0.1, 0.15) is 48.5 Å². The van der Waals surface area contributed by atoms with Crippen LogP contribution < -0.4 is 4.74 Å². The van der Waals surface area contributed by atoms with Gasteiger partial charge in [0.15, 0.2) is 5.92 Å². The topological polar surface area (TPSA) is 91.4 Å². The molecule has 0 aromatic heterocycles. The second kappa shape index (κ2) is 10.7. The maximum atomic E-state index is 13.6. The van der Waals surface area contributed by atoms with E-state index in [2.05, 4.69) is 0 Å². The number of benzene rings is 2. The Labute approximate surface area is 199 Å². The molecule has 1 heterocycles. The van der Waals surface area contributed by atoms with E-state index < -0.39 is 29.5 Å². The highest BCUT2D eigenvalue weighted by Crippen LogP contribution is 2.42. The van der Waals surface area contributed by atoms with E-state index in [0.717, 1.165) is 5.56 Å². The lowest BCUT2D eigenvalue weighted by molar-refractivity contribution is -0.259. The van der Waals surface area contributed by atoms with Gasteiger partial charge < -0.3 is 14.2 Å². The van der Waals surface area contributed by atoms with Crippen molar-refractivity contribution in [2.75, 3.05) is 21.3 Å². The predicted molar refractivity (Wildman–Crippen MR) is 124 cm³/mol. The molecule has 1 aliphatic heterocycles. The summed E-state index contributed by atoms with van der Waals surface area (Å²) in [5.41, 5.74) is 0.685. The van der Waals surface area contributed by atoms with Gasteiger partial charge in [-0.05, 0) is 56.5 Å². The van der Waals surface area contributed by atoms with Crippen LogP contribution in [-0.2, 0) is 23.9 Å². The van der Waals surface area contributed by atoms with Crippen LogP contribution in [-0.4, -0.2) is 55.9 Å². The van der Waals surface area contributed by atoms with E-state index >= 15 is 0 Å². The van der Waals surface area contributed by atoms with Gasteiger partial charge >= 0.3 is 11.9 Å². The van der Waals surface area contributed by atoms with Crippen molar-refractivity contribution in [3.63, 3.8) is 0 Å². The fourth-order valence-electron chi connectivity index (χ4n) is 4.37. The molecule has 0 bridgehead atoms. The Morgan fingerprint density at radius 2 is 1.56 bits per heavy atom. The van der Waals surface area contributed by atoms with Crippen LogP contribution in [0, 0.1) is 5.92 Å². The van der Waals surface area contributed by atoms with Crippen molar-refractivity contribution < 1.29 is 33.4 Å². The van der Waals surface area contributed by atoms with Crippen molar-refractivity contribution in [3.05, 3.63) is 65.7 Å². The molecule has 2 atom stereocenters. The second-order valence-electron chi connectivity index (χ2n) is 8.83. The number of rotatable bonds is 7. The molecule has 1 aliphatic rings. The zero-order chi connectivity index (χ0) is 24.9. The summed E-state index contributed by atoms with van der Waals surface area (Å²) in [5, 5.41) is 1.31. The number of nitrogens with zero attached hydrogens (tertiary/aromatic N) is 1. The SMILES string of the molecule is COC(=O)C(C[C@H]1[C@H](c2ccc(OC)cc2)CC(C)(C)ON1C(=O)c1ccccc1)C(=O)OC. The number of carbonyl (C=O) groups excluding carboxylic acids is 3. The van der Waals surface area contributed by atoms with E-state index in [1.165, 1.54) is 19.3 Å². The first kappa shape index (κ1) is 25.2. The third-order valence-corrected chi connectivity index (χ3v) is 6.04. The Morgan fingerprint density at radius 1 is 0.971 bits per heavy atom. The smallest absolute Gasteiger partial charge is 0.320 e. The maximum absolute atomic E-state index is 13.6. The molecule has 0 N–H and O–H groups in total. The van der Waals surface area contributed by atoms with Gasteiger partial charge in [-0.3, -0.25) is 19.2 Å². The van der Waals surface area contributed by atoms with Crippen molar-refractivity contribution in [1.82, 2.24) is 5.06 Å². The first-order valence-corrected chi connectivity index (χ1v) is 11.1. The van der Waals surface area contributed by atoms with E-state index in [4.69, 9.17) is 19.0 Å². The van der Waals surface area contributed by atoms with Crippen LogP contribution in [0.25, 0.3) is 0 Å². The summed E-state index contributed by atoms with van der Waals surface area (Å²) in [5.74, 6) is -2.55. The molecule has 0 aliphatic carbocycles. The van der Waals surface area contributed by atoms with Gasteiger partial charge in [0.1, 0.15) is 5.75 Å². The summed E-state index contributed by atoms with van der Waals surface area (Å²) < 4.78 is 15.0. The van der Waals surface area contributed by atoms with Crippen LogP contribution in [0.5, 0.6) is 5.75 Å². The molecule has 2 aromatic rings. The number of amides is 1. The fraction of sp³-hybridized carbons (Fsp3) is 0.423. The predicted octanol–water partition coefficient (Wildman–Crippen LogP) is 3.76. The highest BCUT2D eigenvalue weighted by molar-refractivity contribution is 5.96. The number of ether oxygens (including phenoxy) is 3. The lowest BCUT2D eigenvalue weighted by Crippen LogP contribution is -2.55. The molecule has 3 rings (SSSR count). The van der Waals surface area contributed by atoms with Gasteiger partial charge in [-0.15, -0.1) is 0 Å². The molecule has 0 spiro atoms. The van der Waals surface area contributed by atoms with Gasteiger partial charge in [-0.25, -0.2) is 5.06 Å². The Balaban J connectivity index is 2.09. The van der Waals surface area contributed by atoms with E-state index in [1.54, 1.807) is 31.4 Å². The Hall–Kier alpha value is -3.39. The summed E-state index contributed by atoms with van der Waals surface area (Å²) in [7, 11) is 4.02. The number of methoxy groups -OCH3 is 3. The molecule has 34 heavy (non-hydrogen) atoms. The zero-order valence-electron chi connectivity index (χ0n) is 20.1. The minimum atomic E-state index is -1.21. The largest absolute Gasteiger partial charge is 0.497 e. The van der Waals surface area contributed by atoms with E-state index in [9.17, 15) is 14.4 Å². The number of esters is 2. The number of carbonyl (C=O) groups is 3. The maximum Gasteiger partial charge on any atom is 0.320 e. The number of hydrogen-bond acceptors (Lipinski definition) is 7. The summed E-state index contributed by atoms with van der Waals surface area (Å²) >= 11 is 0. The molecular formula is C26H31NO7. The average molecular weight is 470 g/mol. The van der Waals surface area contributed by atoms with Gasteiger partial charge in [0.05, 0.1) is 33.0 Å². The van der Waals surface area contributed by atoms with Crippen LogP contribution >= 0.6 is 0 Å². The Morgan fingerprint density at radius 3 is 2.09 bits per heavy atom. The first-order valence-electron chi connectivity index (χ1n) is 11.1. The van der Waals surface area contributed by atoms with E-state index in [1.807, 2.05) is 44.2 Å². The third kappa shape index (κ3) is 5.56. The fourth-order valence-corrected chi connectivity index (χ4v) is 4.37. The lowest BCUT2D eigenvalue weighted by Gasteiger charge is -2.48. The van der Waals surface area contributed by atoms with Crippen molar-refractivity contribution in [2.45, 2.75) is 44.2 Å². The van der Waals surface area contributed by atoms with Crippen LogP contribution in [0.3, 0.4) is 0 Å². The molecule has 1 saturated heterocycles. The molecule has 1 amide bonds. The summed E-state index contributed by atoms with van der Waals surface area (Å²) in [6, 6.07) is 15.6. The normalized spacial score (nSPS) is 19.4. The molecule has 8 heteroatoms. The van der Waals surface area contributed by atoms with Crippen molar-refractivity contribution in [1.29, 1.82) is 0 Å². The third-order valence-electron chi connectivity index (χ3n) is 6.04. The molecule has 8 nitrogen and oxygen atoms in total. The van der Waals surface area contributed by atoms with Crippen molar-refractivity contribution in [2.24, 2.45) is 5.92 Å². The molecule has 0 unspecified atom stereocenters. The lowest BCUT2D eigenvalue weighted by atomic mass is 9.77. The van der Waals surface area contributed by atoms with E-state index in [0.29, 0.717) is 17.7 Å². The summed E-state index contributed by atoms with van der Waals surface area (Å²) in [4.78, 5) is 44.8. The highest BCUT2D eigenvalue weighted by atomic mass is 16.7. The van der Waals surface area contributed by atoms with Crippen LogP contribution in [0.15, 0.2) is 54.6 Å². The Bertz CT molecular complexity index is 988. The molecule has 182 valence electrons. The molecule has 0 radical (unpaired) electrons. The monoisotopic (exact) mass is 469 g/mol. The number of hydroxylamine groups is 2. The van der Waals surface area contributed by atoms with Gasteiger partial charge in [-0.1, -0.05) is 30.3 Å². The second-order valence-corrected chi connectivity index (χ2v) is 8.83. The van der Waals surface area contributed by atoms with Gasteiger partial charge in [0, 0.05) is 11.5 Å². The van der Waals surface area contributed by atoms with Gasteiger partial charge in [0.2, 0.25) is 0 Å². The Kier molecular flexibility index (Phi) is 7.94. The van der Waals surface area contributed by atoms with Crippen molar-refractivity contribution in [3.8, 4) is 5.75 Å². The van der Waals surface area contributed by atoms with Gasteiger partial charge in [0.25, 0.3) is 5.91 Å². The minimum absolute atomic E-state index is 0.0231. The quantitative estimate of drug-likeness (QED) is 0.450. The molecule has 1 fully saturated rings. The standard InChI is InChI=1S/C26H31NO7/c1-26(2)16-21(17-11-13-19(31-3)14-12-17)22(15-20(24(29)32-4)25(30)33-5)27(34-26)23(28)18-9-7-6-8-10-18/h6-14,20-22H,15-16H2,1-5H3/t21-,22-/m0/s1. The molecule has 2 aromatic carbocycles. The highest BCUT2D eigenvalue weighted by Gasteiger charge is 2.47. The van der Waals surface area contributed by atoms with Gasteiger partial charge in [-0.2, -0.15) is 0 Å². The summed E-state index contributed by atoms with van der Waals surface area (Å²) in [6.07, 6.45) is 0.530. The summed E-state index contributed by atoms with van der Waals surface area (Å²) in [6.45, 7) is 3.81. The average Bonchev–Trinajstić information content (AvgIpc) is 2.86. The van der Waals surface area contributed by atoms with E-state index in [-0.39, 0.29) is 18.2 Å². The van der Waals surface area contributed by atoms with Crippen LogP contribution in [0.2, 0.25) is 0 Å². The van der Waals surface area contributed by atoms with Crippen LogP contribution in [0.4, 0.5) is 0 Å². The molecule has 0 saturated carbocycles. The number of hydrogen-bond donors (Lipinski definition) is 0. The first-order chi connectivity index (χ1) is 16.2. The minimum Gasteiger partial charge on any atom is -0.497 e. The van der Waals surface area contributed by atoms with Crippen molar-refractivity contribution >= 4 is 17.8 Å².